The van der Waals surface area contributed by atoms with Gasteiger partial charge in [0.1, 0.15) is 5.75 Å². The van der Waals surface area contributed by atoms with Crippen LogP contribution >= 0.6 is 15.9 Å². The summed E-state index contributed by atoms with van der Waals surface area (Å²) in [6.45, 7) is 1.40. The zero-order valence-electron chi connectivity index (χ0n) is 9.42. The highest BCUT2D eigenvalue weighted by molar-refractivity contribution is 9.10. The number of hydrogen-bond acceptors (Lipinski definition) is 2. The molecule has 1 aliphatic rings. The van der Waals surface area contributed by atoms with Crippen molar-refractivity contribution >= 4 is 15.9 Å². The van der Waals surface area contributed by atoms with E-state index in [1.807, 2.05) is 18.2 Å². The van der Waals surface area contributed by atoms with Crippen LogP contribution in [0.5, 0.6) is 5.75 Å². The third kappa shape index (κ3) is 3.22. The van der Waals surface area contributed by atoms with Crippen LogP contribution in [-0.2, 0) is 6.54 Å². The maximum Gasteiger partial charge on any atom is 0.120 e. The van der Waals surface area contributed by atoms with E-state index in [9.17, 15) is 0 Å². The van der Waals surface area contributed by atoms with Crippen molar-refractivity contribution < 1.29 is 4.74 Å². The summed E-state index contributed by atoms with van der Waals surface area (Å²) in [5.41, 5.74) is 6.74. The minimum atomic E-state index is 0.555. The van der Waals surface area contributed by atoms with Crippen molar-refractivity contribution in [3.63, 3.8) is 0 Å². The van der Waals surface area contributed by atoms with Crippen LogP contribution in [0.4, 0.5) is 0 Å². The first kappa shape index (κ1) is 11.9. The number of ether oxygens (including phenoxy) is 1. The first-order valence-corrected chi connectivity index (χ1v) is 6.69. The van der Waals surface area contributed by atoms with E-state index in [0.29, 0.717) is 6.54 Å². The molecule has 1 saturated carbocycles. The molecular formula is C13H18BrNO. The molecule has 0 saturated heterocycles. The lowest BCUT2D eigenvalue weighted by atomic mass is 10.1. The molecule has 0 aromatic heterocycles. The van der Waals surface area contributed by atoms with E-state index < -0.39 is 0 Å². The van der Waals surface area contributed by atoms with Crippen LogP contribution in [0.2, 0.25) is 0 Å². The molecule has 0 radical (unpaired) electrons. The number of halogens is 1. The maximum atomic E-state index is 5.83. The molecule has 0 bridgehead atoms. The third-order valence-electron chi connectivity index (χ3n) is 3.13. The van der Waals surface area contributed by atoms with Crippen LogP contribution in [0.15, 0.2) is 22.7 Å². The molecule has 0 atom stereocenters. The summed E-state index contributed by atoms with van der Waals surface area (Å²) in [5.74, 6) is 1.68. The lowest BCUT2D eigenvalue weighted by molar-refractivity contribution is 0.252. The molecule has 3 heteroatoms. The Kier molecular flexibility index (Phi) is 4.24. The second kappa shape index (κ2) is 5.69. The molecule has 0 unspecified atom stereocenters. The first-order chi connectivity index (χ1) is 7.78. The van der Waals surface area contributed by atoms with Gasteiger partial charge >= 0.3 is 0 Å². The predicted octanol–water partition coefficient (Wildman–Crippen LogP) is 3.48. The van der Waals surface area contributed by atoms with Crippen molar-refractivity contribution in [2.75, 3.05) is 6.61 Å². The van der Waals surface area contributed by atoms with Gasteiger partial charge in [-0.05, 0) is 42.5 Å². The van der Waals surface area contributed by atoms with E-state index in [1.54, 1.807) is 0 Å². The van der Waals surface area contributed by atoms with Crippen molar-refractivity contribution in [1.29, 1.82) is 0 Å². The van der Waals surface area contributed by atoms with Gasteiger partial charge in [-0.1, -0.05) is 28.8 Å². The zero-order valence-corrected chi connectivity index (χ0v) is 11.0. The number of rotatable bonds is 4. The molecule has 0 heterocycles. The van der Waals surface area contributed by atoms with Crippen LogP contribution in [0.3, 0.4) is 0 Å². The molecule has 2 rings (SSSR count). The molecule has 88 valence electrons. The molecule has 1 fully saturated rings. The van der Waals surface area contributed by atoms with Gasteiger partial charge in [-0.25, -0.2) is 0 Å². The van der Waals surface area contributed by atoms with E-state index in [2.05, 4.69) is 15.9 Å². The summed E-state index contributed by atoms with van der Waals surface area (Å²) < 4.78 is 6.87. The monoisotopic (exact) mass is 283 g/mol. The molecule has 1 aromatic rings. The highest BCUT2D eigenvalue weighted by Gasteiger charge is 2.15. The van der Waals surface area contributed by atoms with Crippen molar-refractivity contribution in [3.05, 3.63) is 28.2 Å². The first-order valence-electron chi connectivity index (χ1n) is 5.90. The van der Waals surface area contributed by atoms with Crippen molar-refractivity contribution in [2.24, 2.45) is 11.7 Å². The van der Waals surface area contributed by atoms with E-state index in [1.165, 1.54) is 25.7 Å². The molecule has 2 nitrogen and oxygen atoms in total. The average Bonchev–Trinajstić information content (AvgIpc) is 2.78. The lowest BCUT2D eigenvalue weighted by Gasteiger charge is -2.12. The maximum absolute atomic E-state index is 5.83. The van der Waals surface area contributed by atoms with Crippen LogP contribution < -0.4 is 10.5 Å². The van der Waals surface area contributed by atoms with E-state index >= 15 is 0 Å². The largest absolute Gasteiger partial charge is 0.493 e. The quantitative estimate of drug-likeness (QED) is 0.918. The highest BCUT2D eigenvalue weighted by Crippen LogP contribution is 2.27. The Labute approximate surface area is 105 Å². The fraction of sp³-hybridized carbons (Fsp3) is 0.538. The van der Waals surface area contributed by atoms with Crippen LogP contribution in [0, 0.1) is 5.92 Å². The summed E-state index contributed by atoms with van der Waals surface area (Å²) in [6, 6.07) is 6.07. The van der Waals surface area contributed by atoms with Gasteiger partial charge in [-0.2, -0.15) is 0 Å². The molecule has 0 amide bonds. The molecule has 0 spiro atoms. The Morgan fingerprint density at radius 1 is 1.25 bits per heavy atom. The van der Waals surface area contributed by atoms with E-state index in [-0.39, 0.29) is 0 Å². The van der Waals surface area contributed by atoms with Gasteiger partial charge in [-0.3, -0.25) is 0 Å². The SMILES string of the molecule is NCc1cc(Br)cc(OCC2CCCC2)c1. The van der Waals surface area contributed by atoms with Gasteiger partial charge < -0.3 is 10.5 Å². The fourth-order valence-corrected chi connectivity index (χ4v) is 2.73. The average molecular weight is 284 g/mol. The lowest BCUT2D eigenvalue weighted by Crippen LogP contribution is -2.08. The number of benzene rings is 1. The summed E-state index contributed by atoms with van der Waals surface area (Å²) in [7, 11) is 0. The predicted molar refractivity (Wildman–Crippen MR) is 69.5 cm³/mol. The van der Waals surface area contributed by atoms with Crippen molar-refractivity contribution in [1.82, 2.24) is 0 Å². The summed E-state index contributed by atoms with van der Waals surface area (Å²) >= 11 is 3.47. The highest BCUT2D eigenvalue weighted by atomic mass is 79.9. The van der Waals surface area contributed by atoms with Crippen LogP contribution in [0.25, 0.3) is 0 Å². The normalized spacial score (nSPS) is 16.6. The van der Waals surface area contributed by atoms with Gasteiger partial charge in [0.15, 0.2) is 0 Å². The Morgan fingerprint density at radius 2 is 2.00 bits per heavy atom. The minimum absolute atomic E-state index is 0.555. The second-order valence-corrected chi connectivity index (χ2v) is 5.38. The van der Waals surface area contributed by atoms with Gasteiger partial charge in [-0.15, -0.1) is 0 Å². The topological polar surface area (TPSA) is 35.2 Å². The van der Waals surface area contributed by atoms with Crippen molar-refractivity contribution in [3.8, 4) is 5.75 Å². The van der Waals surface area contributed by atoms with Crippen LogP contribution in [-0.4, -0.2) is 6.61 Å². The van der Waals surface area contributed by atoms with Gasteiger partial charge in [0.25, 0.3) is 0 Å². The van der Waals surface area contributed by atoms with Gasteiger partial charge in [0, 0.05) is 11.0 Å². The van der Waals surface area contributed by atoms with Crippen molar-refractivity contribution in [2.45, 2.75) is 32.2 Å². The molecule has 2 N–H and O–H groups in total. The molecule has 16 heavy (non-hydrogen) atoms. The fourth-order valence-electron chi connectivity index (χ4n) is 2.21. The molecule has 0 aliphatic heterocycles. The molecule has 1 aliphatic carbocycles. The van der Waals surface area contributed by atoms with Crippen LogP contribution in [0.1, 0.15) is 31.2 Å². The second-order valence-electron chi connectivity index (χ2n) is 4.46. The summed E-state index contributed by atoms with van der Waals surface area (Å²) in [5, 5.41) is 0. The summed E-state index contributed by atoms with van der Waals surface area (Å²) in [4.78, 5) is 0. The standard InChI is InChI=1S/C13H18BrNO/c14-12-5-11(8-15)6-13(7-12)16-9-10-3-1-2-4-10/h5-7,10H,1-4,8-9,15H2. The minimum Gasteiger partial charge on any atom is -0.493 e. The zero-order chi connectivity index (χ0) is 11.4. The Bertz CT molecular complexity index is 348. The Morgan fingerprint density at radius 3 is 2.69 bits per heavy atom. The third-order valence-corrected chi connectivity index (χ3v) is 3.59. The molecular weight excluding hydrogens is 266 g/mol. The van der Waals surface area contributed by atoms with E-state index in [4.69, 9.17) is 10.5 Å². The molecule has 1 aromatic carbocycles. The van der Waals surface area contributed by atoms with Gasteiger partial charge in [0.2, 0.25) is 0 Å². The summed E-state index contributed by atoms with van der Waals surface area (Å²) in [6.07, 6.45) is 5.36. The number of hydrogen-bond donors (Lipinski definition) is 1. The Hall–Kier alpha value is -0.540. The Balaban J connectivity index is 1.94. The smallest absolute Gasteiger partial charge is 0.120 e. The number of nitrogens with two attached hydrogens (primary N) is 1. The van der Waals surface area contributed by atoms with Gasteiger partial charge in [0.05, 0.1) is 6.61 Å². The van der Waals surface area contributed by atoms with E-state index in [0.717, 1.165) is 28.3 Å².